The molecule has 1 amide bonds. The average molecular weight is 360 g/mol. The first kappa shape index (κ1) is 15.5. The summed E-state index contributed by atoms with van der Waals surface area (Å²) in [5.74, 6) is 1.31. The Bertz CT molecular complexity index is 812. The molecule has 0 N–H and O–H groups in total. The van der Waals surface area contributed by atoms with E-state index >= 15 is 0 Å². The molecule has 5 nitrogen and oxygen atoms in total. The summed E-state index contributed by atoms with van der Waals surface area (Å²) < 4.78 is 5.86. The number of nitrogens with zero attached hydrogens (tertiary/aromatic N) is 3. The number of likely N-dealkylation sites (tertiary alicyclic amines) is 1. The highest BCUT2D eigenvalue weighted by atomic mass is 35.5. The number of rotatable bonds is 2. The largest absolute Gasteiger partial charge is 0.423 e. The minimum atomic E-state index is 0.162. The molecule has 1 aliphatic carbocycles. The van der Waals surface area contributed by atoms with Gasteiger partial charge in [0.1, 0.15) is 5.52 Å². The third kappa shape index (κ3) is 2.69. The summed E-state index contributed by atoms with van der Waals surface area (Å²) >= 11 is 6.01. The fourth-order valence-electron chi connectivity index (χ4n) is 4.77. The van der Waals surface area contributed by atoms with Crippen LogP contribution in [-0.4, -0.2) is 41.5 Å². The summed E-state index contributed by atoms with van der Waals surface area (Å²) in [7, 11) is 0. The molecule has 2 aliphatic heterocycles. The Morgan fingerprint density at radius 2 is 2.04 bits per heavy atom. The molecule has 1 aromatic carbocycles. The molecule has 5 rings (SSSR count). The van der Waals surface area contributed by atoms with Crippen molar-refractivity contribution in [2.24, 2.45) is 11.8 Å². The average Bonchev–Trinajstić information content (AvgIpc) is 3.35. The van der Waals surface area contributed by atoms with Gasteiger partial charge in [-0.25, -0.2) is 0 Å². The van der Waals surface area contributed by atoms with Gasteiger partial charge in [-0.05, 0) is 50.2 Å². The van der Waals surface area contributed by atoms with E-state index in [9.17, 15) is 4.79 Å². The minimum Gasteiger partial charge on any atom is -0.423 e. The molecule has 0 radical (unpaired) electrons. The standard InChI is InChI=1S/C19H22ClN3O2/c20-14-2-4-16-17(10-14)25-19(21-16)22-7-5-13(6-8-22)18(24)23-11-12-1-3-15(23)9-12/h2,4,10,12-13,15H,1,3,5-9,11H2/t12-,15-/m0/s1. The van der Waals surface area contributed by atoms with E-state index in [1.165, 1.54) is 19.3 Å². The van der Waals surface area contributed by atoms with E-state index in [0.29, 0.717) is 28.6 Å². The molecule has 0 unspecified atom stereocenters. The molecule has 2 aromatic rings. The number of hydrogen-bond acceptors (Lipinski definition) is 4. The molecule has 0 spiro atoms. The molecule has 132 valence electrons. The number of aromatic nitrogens is 1. The van der Waals surface area contributed by atoms with E-state index in [0.717, 1.165) is 43.9 Å². The van der Waals surface area contributed by atoms with Crippen molar-refractivity contribution in [2.75, 3.05) is 24.5 Å². The summed E-state index contributed by atoms with van der Waals surface area (Å²) in [5.41, 5.74) is 1.54. The molecule has 1 saturated carbocycles. The molecule has 2 bridgehead atoms. The maximum absolute atomic E-state index is 12.9. The van der Waals surface area contributed by atoms with Crippen LogP contribution in [0.25, 0.3) is 11.1 Å². The van der Waals surface area contributed by atoms with Crippen molar-refractivity contribution in [3.63, 3.8) is 0 Å². The Labute approximate surface area is 151 Å². The van der Waals surface area contributed by atoms with Gasteiger partial charge in [-0.3, -0.25) is 4.79 Å². The SMILES string of the molecule is O=C(C1CCN(c2nc3ccc(Cl)cc3o2)CC1)N1C[C@H]2CC[C@H]1C2. The predicted molar refractivity (Wildman–Crippen MR) is 96.8 cm³/mol. The second kappa shape index (κ2) is 5.90. The number of hydrogen-bond donors (Lipinski definition) is 0. The fraction of sp³-hybridized carbons (Fsp3) is 0.579. The molecule has 3 aliphatic rings. The predicted octanol–water partition coefficient (Wildman–Crippen LogP) is 3.71. The van der Waals surface area contributed by atoms with Crippen LogP contribution in [0.4, 0.5) is 6.01 Å². The van der Waals surface area contributed by atoms with Gasteiger partial charge in [-0.1, -0.05) is 11.6 Å². The summed E-state index contributed by atoms with van der Waals surface area (Å²) in [5, 5.41) is 0.652. The normalized spacial score (nSPS) is 26.8. The Morgan fingerprint density at radius 1 is 1.20 bits per heavy atom. The van der Waals surface area contributed by atoms with Crippen LogP contribution in [0.2, 0.25) is 5.02 Å². The van der Waals surface area contributed by atoms with Gasteiger partial charge in [0.2, 0.25) is 5.91 Å². The second-order valence-corrected chi connectivity index (χ2v) is 8.13. The first-order valence-electron chi connectivity index (χ1n) is 9.29. The van der Waals surface area contributed by atoms with E-state index in [-0.39, 0.29) is 5.92 Å². The lowest BCUT2D eigenvalue weighted by Crippen LogP contribution is -2.45. The Balaban J connectivity index is 1.25. The van der Waals surface area contributed by atoms with Gasteiger partial charge in [-0.2, -0.15) is 4.98 Å². The van der Waals surface area contributed by atoms with Crippen LogP contribution in [0.3, 0.4) is 0 Å². The van der Waals surface area contributed by atoms with Crippen LogP contribution in [0, 0.1) is 11.8 Å². The van der Waals surface area contributed by atoms with Crippen LogP contribution in [0.5, 0.6) is 0 Å². The lowest BCUT2D eigenvalue weighted by atomic mass is 9.94. The van der Waals surface area contributed by atoms with Crippen molar-refractivity contribution in [1.29, 1.82) is 0 Å². The number of benzene rings is 1. The van der Waals surface area contributed by atoms with Crippen molar-refractivity contribution < 1.29 is 9.21 Å². The molecule has 3 heterocycles. The quantitative estimate of drug-likeness (QED) is 0.820. The zero-order chi connectivity index (χ0) is 17.0. The molecule has 6 heteroatoms. The van der Waals surface area contributed by atoms with Crippen molar-refractivity contribution in [3.8, 4) is 0 Å². The second-order valence-electron chi connectivity index (χ2n) is 7.69. The van der Waals surface area contributed by atoms with Gasteiger partial charge in [0.15, 0.2) is 5.58 Å². The smallest absolute Gasteiger partial charge is 0.298 e. The van der Waals surface area contributed by atoms with Crippen LogP contribution in [0.1, 0.15) is 32.1 Å². The monoisotopic (exact) mass is 359 g/mol. The molecule has 1 aromatic heterocycles. The highest BCUT2D eigenvalue weighted by Crippen LogP contribution is 2.39. The lowest BCUT2D eigenvalue weighted by molar-refractivity contribution is -0.137. The van der Waals surface area contributed by atoms with Gasteiger partial charge in [-0.15, -0.1) is 0 Å². The lowest BCUT2D eigenvalue weighted by Gasteiger charge is -2.35. The number of carbonyl (C=O) groups excluding carboxylic acids is 1. The third-order valence-corrected chi connectivity index (χ3v) is 6.38. The van der Waals surface area contributed by atoms with E-state index < -0.39 is 0 Å². The van der Waals surface area contributed by atoms with Gasteiger partial charge < -0.3 is 14.2 Å². The van der Waals surface area contributed by atoms with Crippen LogP contribution < -0.4 is 4.90 Å². The third-order valence-electron chi connectivity index (χ3n) is 6.15. The summed E-state index contributed by atoms with van der Waals surface area (Å²) in [6.45, 7) is 2.63. The highest BCUT2D eigenvalue weighted by Gasteiger charge is 2.42. The van der Waals surface area contributed by atoms with E-state index in [1.54, 1.807) is 6.07 Å². The number of carbonyl (C=O) groups is 1. The van der Waals surface area contributed by atoms with Crippen molar-refractivity contribution >= 4 is 34.6 Å². The first-order valence-corrected chi connectivity index (χ1v) is 9.67. The van der Waals surface area contributed by atoms with Gasteiger partial charge >= 0.3 is 0 Å². The maximum atomic E-state index is 12.9. The summed E-state index contributed by atoms with van der Waals surface area (Å²) in [4.78, 5) is 21.7. The van der Waals surface area contributed by atoms with Crippen LogP contribution in [-0.2, 0) is 4.79 Å². The number of oxazole rings is 1. The van der Waals surface area contributed by atoms with Gasteiger partial charge in [0, 0.05) is 42.7 Å². The van der Waals surface area contributed by atoms with Gasteiger partial charge in [0.05, 0.1) is 0 Å². The van der Waals surface area contributed by atoms with Crippen molar-refractivity contribution in [3.05, 3.63) is 23.2 Å². The van der Waals surface area contributed by atoms with E-state index in [4.69, 9.17) is 16.0 Å². The van der Waals surface area contributed by atoms with E-state index in [2.05, 4.69) is 14.8 Å². The van der Waals surface area contributed by atoms with Crippen molar-refractivity contribution in [2.45, 2.75) is 38.1 Å². The topological polar surface area (TPSA) is 49.6 Å². The molecule has 2 atom stereocenters. The maximum Gasteiger partial charge on any atom is 0.298 e. The molecule has 2 saturated heterocycles. The minimum absolute atomic E-state index is 0.162. The molecule has 25 heavy (non-hydrogen) atoms. The molecular weight excluding hydrogens is 338 g/mol. The number of piperidine rings is 2. The Morgan fingerprint density at radius 3 is 2.76 bits per heavy atom. The molecule has 3 fully saturated rings. The zero-order valence-electron chi connectivity index (χ0n) is 14.2. The Kier molecular flexibility index (Phi) is 3.66. The summed E-state index contributed by atoms with van der Waals surface area (Å²) in [6.07, 6.45) is 5.52. The Hall–Kier alpha value is -1.75. The summed E-state index contributed by atoms with van der Waals surface area (Å²) in [6, 6.07) is 6.67. The van der Waals surface area contributed by atoms with Crippen LogP contribution in [0.15, 0.2) is 22.6 Å². The fourth-order valence-corrected chi connectivity index (χ4v) is 4.93. The molecular formula is C19H22ClN3O2. The first-order chi connectivity index (χ1) is 12.2. The number of amides is 1. The van der Waals surface area contributed by atoms with Crippen molar-refractivity contribution in [1.82, 2.24) is 9.88 Å². The highest BCUT2D eigenvalue weighted by molar-refractivity contribution is 6.31. The van der Waals surface area contributed by atoms with Gasteiger partial charge in [0.25, 0.3) is 6.01 Å². The number of halogens is 1. The number of anilines is 1. The van der Waals surface area contributed by atoms with E-state index in [1.807, 2.05) is 12.1 Å². The van der Waals surface area contributed by atoms with Crippen LogP contribution >= 0.6 is 11.6 Å². The zero-order valence-corrected chi connectivity index (χ0v) is 14.9. The number of fused-ring (bicyclic) bond motifs is 3.